The average Bonchev–Trinajstić information content (AvgIpc) is 2.53. The monoisotopic (exact) mass is 270 g/mol. The maximum absolute atomic E-state index is 4.40. The van der Waals surface area contributed by atoms with Gasteiger partial charge in [0.05, 0.1) is 6.20 Å². The van der Waals surface area contributed by atoms with Crippen LogP contribution in [0.5, 0.6) is 0 Å². The van der Waals surface area contributed by atoms with Gasteiger partial charge in [0, 0.05) is 23.9 Å². The van der Waals surface area contributed by atoms with Crippen LogP contribution in [-0.2, 0) is 0 Å². The molecule has 0 spiro atoms. The second kappa shape index (κ2) is 6.18. The summed E-state index contributed by atoms with van der Waals surface area (Å²) in [7, 11) is 0. The van der Waals surface area contributed by atoms with Crippen molar-refractivity contribution in [3.05, 3.63) is 30.5 Å². The van der Waals surface area contributed by atoms with Crippen LogP contribution >= 0.6 is 0 Å². The fraction of sp³-hybridized carbons (Fsp3) is 0.500. The summed E-state index contributed by atoms with van der Waals surface area (Å²) in [5, 5.41) is 14.4. The van der Waals surface area contributed by atoms with Crippen LogP contribution in [0, 0.1) is 5.92 Å². The summed E-state index contributed by atoms with van der Waals surface area (Å²) in [5.74, 6) is 1.74. The van der Waals surface area contributed by atoms with E-state index in [1.807, 2.05) is 6.20 Å². The van der Waals surface area contributed by atoms with Crippen LogP contribution in [0.1, 0.15) is 19.8 Å². The lowest BCUT2D eigenvalue weighted by atomic mass is 9.99. The van der Waals surface area contributed by atoms with E-state index in [1.165, 1.54) is 18.2 Å². The van der Waals surface area contributed by atoms with E-state index < -0.39 is 0 Å². The molecule has 1 saturated heterocycles. The highest BCUT2D eigenvalue weighted by atomic mass is 15.3. The van der Waals surface area contributed by atoms with E-state index >= 15 is 0 Å². The number of rotatable bonds is 4. The molecule has 1 aromatic carbocycles. The van der Waals surface area contributed by atoms with E-state index in [-0.39, 0.29) is 0 Å². The number of aromatic nitrogens is 2. The second-order valence-corrected chi connectivity index (χ2v) is 5.51. The van der Waals surface area contributed by atoms with Gasteiger partial charge in [-0.1, -0.05) is 24.3 Å². The van der Waals surface area contributed by atoms with Crippen molar-refractivity contribution < 1.29 is 0 Å². The molecule has 1 unspecified atom stereocenters. The highest BCUT2D eigenvalue weighted by Gasteiger charge is 2.18. The first kappa shape index (κ1) is 13.3. The lowest BCUT2D eigenvalue weighted by Crippen LogP contribution is -2.38. The summed E-state index contributed by atoms with van der Waals surface area (Å²) in [4.78, 5) is 2.37. The van der Waals surface area contributed by atoms with Gasteiger partial charge in [0.2, 0.25) is 0 Å². The summed E-state index contributed by atoms with van der Waals surface area (Å²) >= 11 is 0. The lowest BCUT2D eigenvalue weighted by molar-refractivity contribution is 0.377. The van der Waals surface area contributed by atoms with Crippen molar-refractivity contribution in [3.8, 4) is 0 Å². The number of benzene rings is 1. The van der Waals surface area contributed by atoms with Crippen LogP contribution < -0.4 is 10.2 Å². The molecule has 1 aliphatic rings. The van der Waals surface area contributed by atoms with Crippen molar-refractivity contribution in [2.45, 2.75) is 19.8 Å². The fourth-order valence-electron chi connectivity index (χ4n) is 3.00. The van der Waals surface area contributed by atoms with Gasteiger partial charge in [0.25, 0.3) is 0 Å². The molecule has 4 nitrogen and oxygen atoms in total. The van der Waals surface area contributed by atoms with Gasteiger partial charge in [-0.25, -0.2) is 0 Å². The number of hydrogen-bond acceptors (Lipinski definition) is 4. The Morgan fingerprint density at radius 2 is 2.25 bits per heavy atom. The lowest BCUT2D eigenvalue weighted by Gasteiger charge is -2.30. The normalized spacial score (nSPS) is 19.1. The molecule has 0 bridgehead atoms. The van der Waals surface area contributed by atoms with Gasteiger partial charge in [-0.3, -0.25) is 0 Å². The van der Waals surface area contributed by atoms with E-state index in [2.05, 4.69) is 51.6 Å². The molecule has 0 aliphatic carbocycles. The predicted molar refractivity (Wildman–Crippen MR) is 83.0 cm³/mol. The molecule has 1 atom stereocenters. The molecular weight excluding hydrogens is 248 g/mol. The Kier molecular flexibility index (Phi) is 4.11. The molecule has 4 heteroatoms. The minimum absolute atomic E-state index is 0.712. The molecule has 3 rings (SSSR count). The Bertz CT molecular complexity index is 558. The third kappa shape index (κ3) is 2.75. The maximum Gasteiger partial charge on any atom is 0.159 e. The molecule has 1 N–H and O–H groups in total. The summed E-state index contributed by atoms with van der Waals surface area (Å²) in [6.07, 6.45) is 4.43. The molecule has 1 fully saturated rings. The van der Waals surface area contributed by atoms with Crippen LogP contribution in [0.3, 0.4) is 0 Å². The van der Waals surface area contributed by atoms with Gasteiger partial charge >= 0.3 is 0 Å². The fourth-order valence-corrected chi connectivity index (χ4v) is 3.00. The van der Waals surface area contributed by atoms with Crippen LogP contribution in [0.15, 0.2) is 30.5 Å². The third-order valence-electron chi connectivity index (χ3n) is 4.11. The van der Waals surface area contributed by atoms with Crippen LogP contribution in [0.2, 0.25) is 0 Å². The van der Waals surface area contributed by atoms with Crippen molar-refractivity contribution in [3.63, 3.8) is 0 Å². The van der Waals surface area contributed by atoms with Gasteiger partial charge in [-0.15, -0.1) is 5.10 Å². The summed E-state index contributed by atoms with van der Waals surface area (Å²) in [5.41, 5.74) is 0. The molecule has 0 saturated carbocycles. The number of fused-ring (bicyclic) bond motifs is 1. The standard InChI is InChI=1S/C16H22N4/c1-2-20(12-13-6-5-9-17-10-13)16-15-8-4-3-7-14(15)11-18-19-16/h3-4,7-8,11,13,17H,2,5-6,9-10,12H2,1H3. The van der Waals surface area contributed by atoms with Gasteiger partial charge in [-0.2, -0.15) is 5.10 Å². The van der Waals surface area contributed by atoms with E-state index in [0.29, 0.717) is 5.92 Å². The second-order valence-electron chi connectivity index (χ2n) is 5.51. The van der Waals surface area contributed by atoms with E-state index in [1.54, 1.807) is 0 Å². The van der Waals surface area contributed by atoms with Crippen LogP contribution in [0.25, 0.3) is 10.8 Å². The van der Waals surface area contributed by atoms with Gasteiger partial charge < -0.3 is 10.2 Å². The zero-order valence-corrected chi connectivity index (χ0v) is 12.0. The molecular formula is C16H22N4. The highest BCUT2D eigenvalue weighted by Crippen LogP contribution is 2.24. The largest absolute Gasteiger partial charge is 0.355 e. The number of nitrogens with zero attached hydrogens (tertiary/aromatic N) is 3. The van der Waals surface area contributed by atoms with Crippen LogP contribution in [-0.4, -0.2) is 36.4 Å². The third-order valence-corrected chi connectivity index (χ3v) is 4.11. The zero-order chi connectivity index (χ0) is 13.8. The van der Waals surface area contributed by atoms with Crippen molar-refractivity contribution in [2.75, 3.05) is 31.1 Å². The van der Waals surface area contributed by atoms with Crippen LogP contribution in [0.4, 0.5) is 5.82 Å². The number of hydrogen-bond donors (Lipinski definition) is 1. The number of nitrogens with one attached hydrogen (secondary N) is 1. The first-order valence-corrected chi connectivity index (χ1v) is 7.54. The summed E-state index contributed by atoms with van der Waals surface area (Å²) in [6, 6.07) is 8.36. The summed E-state index contributed by atoms with van der Waals surface area (Å²) in [6.45, 7) is 6.51. The van der Waals surface area contributed by atoms with Gasteiger partial charge in [-0.05, 0) is 38.8 Å². The summed E-state index contributed by atoms with van der Waals surface area (Å²) < 4.78 is 0. The Labute approximate surface area is 120 Å². The van der Waals surface area contributed by atoms with E-state index in [4.69, 9.17) is 0 Å². The van der Waals surface area contributed by atoms with Crippen molar-refractivity contribution in [1.82, 2.24) is 15.5 Å². The minimum atomic E-state index is 0.712. The maximum atomic E-state index is 4.40. The molecule has 2 aromatic rings. The van der Waals surface area contributed by atoms with Crippen molar-refractivity contribution >= 4 is 16.6 Å². The first-order chi connectivity index (χ1) is 9.88. The Morgan fingerprint density at radius 3 is 3.05 bits per heavy atom. The smallest absolute Gasteiger partial charge is 0.159 e. The highest BCUT2D eigenvalue weighted by molar-refractivity contribution is 5.91. The van der Waals surface area contributed by atoms with Crippen molar-refractivity contribution in [2.24, 2.45) is 5.92 Å². The van der Waals surface area contributed by atoms with E-state index in [9.17, 15) is 0 Å². The molecule has 0 radical (unpaired) electrons. The van der Waals surface area contributed by atoms with Gasteiger partial charge in [0.15, 0.2) is 5.82 Å². The quantitative estimate of drug-likeness (QED) is 0.926. The topological polar surface area (TPSA) is 41.0 Å². The SMILES string of the molecule is CCN(CC1CCCNC1)c1nncc2ccccc12. The van der Waals surface area contributed by atoms with Gasteiger partial charge in [0.1, 0.15) is 0 Å². The number of anilines is 1. The Balaban J connectivity index is 1.86. The number of piperidine rings is 1. The Hall–Kier alpha value is -1.68. The predicted octanol–water partition coefficient (Wildman–Crippen LogP) is 2.46. The molecule has 2 heterocycles. The van der Waals surface area contributed by atoms with E-state index in [0.717, 1.165) is 37.4 Å². The average molecular weight is 270 g/mol. The van der Waals surface area contributed by atoms with Crippen molar-refractivity contribution in [1.29, 1.82) is 0 Å². The molecule has 1 aliphatic heterocycles. The molecule has 20 heavy (non-hydrogen) atoms. The molecule has 1 aromatic heterocycles. The molecule has 106 valence electrons. The minimum Gasteiger partial charge on any atom is -0.355 e. The first-order valence-electron chi connectivity index (χ1n) is 7.54. The Morgan fingerprint density at radius 1 is 1.35 bits per heavy atom. The molecule has 0 amide bonds. The zero-order valence-electron chi connectivity index (χ0n) is 12.0.